The Labute approximate surface area is 94.6 Å². The van der Waals surface area contributed by atoms with Crippen LogP contribution in [0.4, 0.5) is 11.5 Å². The molecule has 5 heteroatoms. The number of aromatic nitrogens is 2. The van der Waals surface area contributed by atoms with Crippen molar-refractivity contribution in [1.82, 2.24) is 9.97 Å². The Morgan fingerprint density at radius 2 is 2.12 bits per heavy atom. The molecular formula is C11H16N4O. The maximum Gasteiger partial charge on any atom is 0.242 e. The minimum absolute atomic E-state index is 0.201. The van der Waals surface area contributed by atoms with Gasteiger partial charge in [0.25, 0.3) is 0 Å². The molecule has 0 saturated heterocycles. The van der Waals surface area contributed by atoms with Crippen LogP contribution in [0.15, 0.2) is 6.33 Å². The van der Waals surface area contributed by atoms with Crippen molar-refractivity contribution >= 4 is 11.5 Å². The smallest absolute Gasteiger partial charge is 0.242 e. The fourth-order valence-corrected chi connectivity index (χ4v) is 2.68. The molecule has 1 fully saturated rings. The summed E-state index contributed by atoms with van der Waals surface area (Å²) < 4.78 is 5.21. The zero-order valence-corrected chi connectivity index (χ0v) is 9.42. The SMILES string of the molecule is COc1ncnc2c1NCC1(CCCC1)N2. The molecule has 2 N–H and O–H groups in total. The normalized spacial score (nSPS) is 21.1. The number of hydrogen-bond acceptors (Lipinski definition) is 5. The molecule has 0 amide bonds. The topological polar surface area (TPSA) is 59.1 Å². The fourth-order valence-electron chi connectivity index (χ4n) is 2.68. The van der Waals surface area contributed by atoms with Gasteiger partial charge in [0.1, 0.15) is 12.0 Å². The number of hydrogen-bond donors (Lipinski definition) is 2. The zero-order chi connectivity index (χ0) is 11.0. The first-order valence-electron chi connectivity index (χ1n) is 5.74. The van der Waals surface area contributed by atoms with E-state index in [1.165, 1.54) is 25.7 Å². The van der Waals surface area contributed by atoms with Crippen LogP contribution in [-0.4, -0.2) is 29.2 Å². The third-order valence-electron chi connectivity index (χ3n) is 3.55. The van der Waals surface area contributed by atoms with Crippen molar-refractivity contribution in [2.75, 3.05) is 24.3 Å². The number of methoxy groups -OCH3 is 1. The van der Waals surface area contributed by atoms with E-state index >= 15 is 0 Å². The van der Waals surface area contributed by atoms with Crippen molar-refractivity contribution in [3.8, 4) is 5.88 Å². The molecule has 0 atom stereocenters. The highest BCUT2D eigenvalue weighted by Crippen LogP contribution is 2.40. The van der Waals surface area contributed by atoms with Crippen molar-refractivity contribution in [2.24, 2.45) is 0 Å². The summed E-state index contributed by atoms with van der Waals surface area (Å²) in [5, 5.41) is 6.96. The molecule has 1 aromatic heterocycles. The van der Waals surface area contributed by atoms with Crippen molar-refractivity contribution in [3.05, 3.63) is 6.33 Å². The molecule has 2 heterocycles. The second kappa shape index (κ2) is 3.50. The molecule has 3 rings (SSSR count). The van der Waals surface area contributed by atoms with Crippen LogP contribution in [0.1, 0.15) is 25.7 Å². The number of nitrogens with zero attached hydrogens (tertiary/aromatic N) is 2. The Kier molecular flexibility index (Phi) is 2.12. The van der Waals surface area contributed by atoms with Gasteiger partial charge in [-0.05, 0) is 12.8 Å². The van der Waals surface area contributed by atoms with E-state index in [-0.39, 0.29) is 5.54 Å². The number of rotatable bonds is 1. The highest BCUT2D eigenvalue weighted by Gasteiger charge is 2.38. The summed E-state index contributed by atoms with van der Waals surface area (Å²) in [5.41, 5.74) is 1.09. The van der Waals surface area contributed by atoms with Crippen LogP contribution in [0.2, 0.25) is 0 Å². The molecule has 1 saturated carbocycles. The molecule has 2 aliphatic rings. The van der Waals surface area contributed by atoms with Gasteiger partial charge in [-0.1, -0.05) is 12.8 Å². The Hall–Kier alpha value is -1.52. The Morgan fingerprint density at radius 1 is 1.31 bits per heavy atom. The number of anilines is 2. The van der Waals surface area contributed by atoms with E-state index in [0.717, 1.165) is 18.1 Å². The lowest BCUT2D eigenvalue weighted by molar-refractivity contribution is 0.396. The fraction of sp³-hybridized carbons (Fsp3) is 0.636. The third-order valence-corrected chi connectivity index (χ3v) is 3.55. The summed E-state index contributed by atoms with van der Waals surface area (Å²) >= 11 is 0. The molecule has 16 heavy (non-hydrogen) atoms. The Bertz CT molecular complexity index is 401. The lowest BCUT2D eigenvalue weighted by Crippen LogP contribution is -2.45. The van der Waals surface area contributed by atoms with Gasteiger partial charge in [-0.3, -0.25) is 0 Å². The molecular weight excluding hydrogens is 204 g/mol. The van der Waals surface area contributed by atoms with Gasteiger partial charge in [0.2, 0.25) is 5.88 Å². The summed E-state index contributed by atoms with van der Waals surface area (Å²) in [6.07, 6.45) is 6.57. The highest BCUT2D eigenvalue weighted by atomic mass is 16.5. The Balaban J connectivity index is 1.94. The molecule has 0 unspecified atom stereocenters. The molecule has 1 aliphatic heterocycles. The van der Waals surface area contributed by atoms with E-state index in [0.29, 0.717) is 5.88 Å². The van der Waals surface area contributed by atoms with Gasteiger partial charge in [0.15, 0.2) is 5.82 Å². The first-order valence-corrected chi connectivity index (χ1v) is 5.74. The van der Waals surface area contributed by atoms with Gasteiger partial charge in [-0.2, -0.15) is 4.98 Å². The average Bonchev–Trinajstić information content (AvgIpc) is 2.76. The molecule has 0 aromatic carbocycles. The molecule has 86 valence electrons. The average molecular weight is 220 g/mol. The van der Waals surface area contributed by atoms with Gasteiger partial charge in [-0.25, -0.2) is 4.98 Å². The van der Waals surface area contributed by atoms with Crippen LogP contribution in [-0.2, 0) is 0 Å². The van der Waals surface area contributed by atoms with Crippen molar-refractivity contribution in [1.29, 1.82) is 0 Å². The van der Waals surface area contributed by atoms with E-state index in [9.17, 15) is 0 Å². The lowest BCUT2D eigenvalue weighted by atomic mass is 9.95. The monoisotopic (exact) mass is 220 g/mol. The van der Waals surface area contributed by atoms with Gasteiger partial charge in [-0.15, -0.1) is 0 Å². The van der Waals surface area contributed by atoms with Crippen molar-refractivity contribution in [3.63, 3.8) is 0 Å². The maximum atomic E-state index is 5.21. The van der Waals surface area contributed by atoms with Crippen LogP contribution >= 0.6 is 0 Å². The van der Waals surface area contributed by atoms with Crippen LogP contribution in [0.5, 0.6) is 5.88 Å². The molecule has 0 bridgehead atoms. The van der Waals surface area contributed by atoms with Crippen molar-refractivity contribution < 1.29 is 4.74 Å². The second-order valence-corrected chi connectivity index (χ2v) is 4.57. The van der Waals surface area contributed by atoms with Gasteiger partial charge >= 0.3 is 0 Å². The van der Waals surface area contributed by atoms with Crippen LogP contribution in [0, 0.1) is 0 Å². The number of nitrogens with one attached hydrogen (secondary N) is 2. The predicted molar refractivity (Wildman–Crippen MR) is 61.9 cm³/mol. The van der Waals surface area contributed by atoms with Crippen LogP contribution < -0.4 is 15.4 Å². The summed E-state index contributed by atoms with van der Waals surface area (Å²) in [7, 11) is 1.63. The third kappa shape index (κ3) is 1.38. The van der Waals surface area contributed by atoms with Crippen molar-refractivity contribution in [2.45, 2.75) is 31.2 Å². The van der Waals surface area contributed by atoms with Crippen LogP contribution in [0.25, 0.3) is 0 Å². The zero-order valence-electron chi connectivity index (χ0n) is 9.42. The number of ether oxygens (including phenoxy) is 1. The lowest BCUT2D eigenvalue weighted by Gasteiger charge is -2.36. The second-order valence-electron chi connectivity index (χ2n) is 4.57. The highest BCUT2D eigenvalue weighted by molar-refractivity contribution is 5.73. The molecule has 5 nitrogen and oxygen atoms in total. The first kappa shape index (κ1) is 9.69. The van der Waals surface area contributed by atoms with E-state index in [2.05, 4.69) is 20.6 Å². The van der Waals surface area contributed by atoms with E-state index in [1.807, 2.05) is 0 Å². The summed E-state index contributed by atoms with van der Waals surface area (Å²) in [6, 6.07) is 0. The quantitative estimate of drug-likeness (QED) is 0.753. The van der Waals surface area contributed by atoms with Gasteiger partial charge in [0, 0.05) is 6.54 Å². The predicted octanol–water partition coefficient (Wildman–Crippen LogP) is 1.64. The van der Waals surface area contributed by atoms with E-state index in [1.54, 1.807) is 13.4 Å². The summed E-state index contributed by atoms with van der Waals surface area (Å²) in [4.78, 5) is 8.37. The standard InChI is InChI=1S/C11H16N4O/c1-16-10-8-9(13-7-14-10)15-11(6-12-8)4-2-3-5-11/h7,12H,2-6H2,1H3,(H,13,14,15). The summed E-state index contributed by atoms with van der Waals surface area (Å²) in [6.45, 7) is 0.934. The van der Waals surface area contributed by atoms with Gasteiger partial charge in [0.05, 0.1) is 12.6 Å². The van der Waals surface area contributed by atoms with E-state index < -0.39 is 0 Å². The molecule has 1 aromatic rings. The van der Waals surface area contributed by atoms with Gasteiger partial charge < -0.3 is 15.4 Å². The molecule has 0 radical (unpaired) electrons. The minimum Gasteiger partial charge on any atom is -0.479 e. The first-order chi connectivity index (χ1) is 7.83. The molecule has 1 aliphatic carbocycles. The van der Waals surface area contributed by atoms with E-state index in [4.69, 9.17) is 4.74 Å². The number of fused-ring (bicyclic) bond motifs is 1. The molecule has 1 spiro atoms. The summed E-state index contributed by atoms with van der Waals surface area (Å²) in [5.74, 6) is 1.49. The van der Waals surface area contributed by atoms with Crippen LogP contribution in [0.3, 0.4) is 0 Å². The largest absolute Gasteiger partial charge is 0.479 e. The Morgan fingerprint density at radius 3 is 2.88 bits per heavy atom. The maximum absolute atomic E-state index is 5.21. The minimum atomic E-state index is 0.201.